The molecule has 0 saturated carbocycles. The van der Waals surface area contributed by atoms with Gasteiger partial charge in [0.25, 0.3) is 0 Å². The smallest absolute Gasteiger partial charge is 0.328 e. The molecule has 0 spiro atoms. The van der Waals surface area contributed by atoms with Crippen molar-refractivity contribution in [3.8, 4) is 17.0 Å². The lowest BCUT2D eigenvalue weighted by atomic mass is 10.1. The van der Waals surface area contributed by atoms with Gasteiger partial charge in [-0.3, -0.25) is 10.2 Å². The van der Waals surface area contributed by atoms with Crippen LogP contribution < -0.4 is 20.3 Å². The molecule has 1 aromatic heterocycles. The zero-order chi connectivity index (χ0) is 18.6. The number of nitrogens with one attached hydrogen (secondary N) is 2. The molecule has 3 heterocycles. The summed E-state index contributed by atoms with van der Waals surface area (Å²) >= 11 is 0. The molecular formula is C19H18FN5O2. The zero-order valence-corrected chi connectivity index (χ0v) is 14.5. The van der Waals surface area contributed by atoms with Crippen molar-refractivity contribution in [2.45, 2.75) is 6.42 Å². The van der Waals surface area contributed by atoms with E-state index in [1.54, 1.807) is 30.3 Å². The zero-order valence-electron chi connectivity index (χ0n) is 14.5. The number of halogens is 1. The van der Waals surface area contributed by atoms with Crippen molar-refractivity contribution in [2.75, 3.05) is 24.6 Å². The van der Waals surface area contributed by atoms with Crippen LogP contribution in [0.4, 0.5) is 15.0 Å². The average Bonchev–Trinajstić information content (AvgIpc) is 2.90. The summed E-state index contributed by atoms with van der Waals surface area (Å²) in [6.07, 6.45) is 3.99. The summed E-state index contributed by atoms with van der Waals surface area (Å²) in [6, 6.07) is 9.37. The molecule has 4 rings (SSSR count). The number of carbonyl (C=O) groups is 1. The van der Waals surface area contributed by atoms with Gasteiger partial charge in [0, 0.05) is 18.7 Å². The summed E-state index contributed by atoms with van der Waals surface area (Å²) in [5.41, 5.74) is 1.20. The SMILES string of the molecule is O=C(NC1=CCNC=N1)N1CCCOc2ccc(-c3cccc(F)c3)nc21. The number of carbonyl (C=O) groups excluding carboxylic acids is 1. The van der Waals surface area contributed by atoms with E-state index in [1.165, 1.54) is 23.4 Å². The second kappa shape index (κ2) is 7.45. The van der Waals surface area contributed by atoms with Gasteiger partial charge < -0.3 is 10.1 Å². The van der Waals surface area contributed by atoms with Gasteiger partial charge in [-0.2, -0.15) is 0 Å². The lowest BCUT2D eigenvalue weighted by Crippen LogP contribution is -2.41. The molecule has 0 unspecified atom stereocenters. The van der Waals surface area contributed by atoms with E-state index in [9.17, 15) is 9.18 Å². The number of nitrogens with zero attached hydrogens (tertiary/aromatic N) is 3. The standard InChI is InChI=1S/C19H18FN5O2/c20-14-4-1-3-13(11-14)15-5-6-16-18(23-15)25(9-2-10-27-16)19(26)24-17-7-8-21-12-22-17/h1,3-7,11-12H,2,8-10H2,(H,21,22)(H,24,26). The van der Waals surface area contributed by atoms with Gasteiger partial charge in [0.15, 0.2) is 11.6 Å². The van der Waals surface area contributed by atoms with Crippen LogP contribution in [0.3, 0.4) is 0 Å². The molecule has 0 saturated heterocycles. The quantitative estimate of drug-likeness (QED) is 0.855. The second-order valence-electron chi connectivity index (χ2n) is 6.07. The van der Waals surface area contributed by atoms with Crippen molar-refractivity contribution in [1.82, 2.24) is 15.6 Å². The number of amides is 2. The molecule has 2 aliphatic heterocycles. The van der Waals surface area contributed by atoms with E-state index in [1.807, 2.05) is 0 Å². The van der Waals surface area contributed by atoms with Crippen molar-refractivity contribution >= 4 is 18.2 Å². The number of hydrogen-bond donors (Lipinski definition) is 2. The van der Waals surface area contributed by atoms with Crippen molar-refractivity contribution in [3.05, 3.63) is 54.1 Å². The predicted octanol–water partition coefficient (Wildman–Crippen LogP) is 2.66. The van der Waals surface area contributed by atoms with E-state index in [-0.39, 0.29) is 11.8 Å². The van der Waals surface area contributed by atoms with Crippen LogP contribution >= 0.6 is 0 Å². The molecule has 138 valence electrons. The van der Waals surface area contributed by atoms with Crippen LogP contribution in [0.1, 0.15) is 6.42 Å². The van der Waals surface area contributed by atoms with E-state index < -0.39 is 0 Å². The molecule has 1 aromatic carbocycles. The maximum absolute atomic E-state index is 13.6. The molecule has 0 aliphatic carbocycles. The minimum absolute atomic E-state index is 0.337. The van der Waals surface area contributed by atoms with Gasteiger partial charge >= 0.3 is 6.03 Å². The van der Waals surface area contributed by atoms with Crippen molar-refractivity contribution in [3.63, 3.8) is 0 Å². The van der Waals surface area contributed by atoms with Crippen LogP contribution in [-0.2, 0) is 0 Å². The molecule has 2 aliphatic rings. The summed E-state index contributed by atoms with van der Waals surface area (Å²) in [4.78, 5) is 23.0. The van der Waals surface area contributed by atoms with Crippen molar-refractivity contribution < 1.29 is 13.9 Å². The number of pyridine rings is 1. The average molecular weight is 367 g/mol. The van der Waals surface area contributed by atoms with Crippen LogP contribution in [-0.4, -0.2) is 37.1 Å². The third-order valence-electron chi connectivity index (χ3n) is 4.19. The van der Waals surface area contributed by atoms with Crippen LogP contribution in [0, 0.1) is 5.82 Å². The van der Waals surface area contributed by atoms with Crippen LogP contribution in [0.5, 0.6) is 5.75 Å². The fourth-order valence-corrected chi connectivity index (χ4v) is 2.90. The maximum atomic E-state index is 13.6. The number of hydrogen-bond acceptors (Lipinski definition) is 5. The summed E-state index contributed by atoms with van der Waals surface area (Å²) in [6.45, 7) is 1.54. The first kappa shape index (κ1) is 17.0. The van der Waals surface area contributed by atoms with Crippen LogP contribution in [0.25, 0.3) is 11.3 Å². The predicted molar refractivity (Wildman–Crippen MR) is 100 cm³/mol. The van der Waals surface area contributed by atoms with Gasteiger partial charge in [-0.1, -0.05) is 12.1 Å². The molecule has 0 bridgehead atoms. The Labute approximate surface area is 155 Å². The number of aliphatic imine (C=N–C) groups is 1. The fourth-order valence-electron chi connectivity index (χ4n) is 2.90. The van der Waals surface area contributed by atoms with Crippen molar-refractivity contribution in [2.24, 2.45) is 4.99 Å². The highest BCUT2D eigenvalue weighted by molar-refractivity contribution is 5.94. The lowest BCUT2D eigenvalue weighted by molar-refractivity contribution is 0.248. The maximum Gasteiger partial charge on any atom is 0.328 e. The van der Waals surface area contributed by atoms with Gasteiger partial charge in [-0.05, 0) is 36.8 Å². The Bertz CT molecular complexity index is 928. The van der Waals surface area contributed by atoms with Gasteiger partial charge in [-0.25, -0.2) is 19.2 Å². The molecular weight excluding hydrogens is 349 g/mol. The number of fused-ring (bicyclic) bond motifs is 1. The first-order valence-electron chi connectivity index (χ1n) is 8.65. The number of rotatable bonds is 2. The number of benzene rings is 1. The molecule has 2 N–H and O–H groups in total. The van der Waals surface area contributed by atoms with Gasteiger partial charge in [-0.15, -0.1) is 0 Å². The summed E-state index contributed by atoms with van der Waals surface area (Å²) in [7, 11) is 0. The highest BCUT2D eigenvalue weighted by Gasteiger charge is 2.25. The third kappa shape index (κ3) is 3.74. The fraction of sp³-hybridized carbons (Fsp3) is 0.211. The first-order valence-corrected chi connectivity index (χ1v) is 8.65. The highest BCUT2D eigenvalue weighted by atomic mass is 19.1. The molecule has 8 heteroatoms. The minimum Gasteiger partial charge on any atom is -0.490 e. The number of urea groups is 1. The second-order valence-corrected chi connectivity index (χ2v) is 6.07. The van der Waals surface area contributed by atoms with E-state index in [0.717, 1.165) is 0 Å². The summed E-state index contributed by atoms with van der Waals surface area (Å²) in [5.74, 6) is 1.06. The molecule has 27 heavy (non-hydrogen) atoms. The Morgan fingerprint density at radius 3 is 3.04 bits per heavy atom. The Hall–Kier alpha value is -3.42. The van der Waals surface area contributed by atoms with Gasteiger partial charge in [0.1, 0.15) is 11.6 Å². The Morgan fingerprint density at radius 1 is 1.30 bits per heavy atom. The number of aromatic nitrogens is 1. The topological polar surface area (TPSA) is 78.9 Å². The van der Waals surface area contributed by atoms with E-state index in [0.29, 0.717) is 54.8 Å². The van der Waals surface area contributed by atoms with Gasteiger partial charge in [0.2, 0.25) is 0 Å². The molecule has 0 radical (unpaired) electrons. The summed E-state index contributed by atoms with van der Waals surface area (Å²) in [5, 5.41) is 5.71. The minimum atomic E-state index is -0.342. The number of anilines is 1. The molecule has 0 atom stereocenters. The van der Waals surface area contributed by atoms with Crippen LogP contribution in [0.15, 0.2) is 53.3 Å². The highest BCUT2D eigenvalue weighted by Crippen LogP contribution is 2.32. The monoisotopic (exact) mass is 367 g/mol. The normalized spacial score (nSPS) is 15.7. The third-order valence-corrected chi connectivity index (χ3v) is 4.19. The Morgan fingerprint density at radius 2 is 2.22 bits per heavy atom. The lowest BCUT2D eigenvalue weighted by Gasteiger charge is -2.22. The number of ether oxygens (including phenoxy) is 1. The first-order chi connectivity index (χ1) is 13.2. The van der Waals surface area contributed by atoms with Gasteiger partial charge in [0.05, 0.1) is 18.6 Å². The van der Waals surface area contributed by atoms with Crippen molar-refractivity contribution in [1.29, 1.82) is 0 Å². The molecule has 7 nitrogen and oxygen atoms in total. The Balaban J connectivity index is 1.66. The summed E-state index contributed by atoms with van der Waals surface area (Å²) < 4.78 is 19.3. The molecule has 2 aromatic rings. The molecule has 2 amide bonds. The molecule has 0 fully saturated rings. The largest absolute Gasteiger partial charge is 0.490 e. The van der Waals surface area contributed by atoms with E-state index in [2.05, 4.69) is 20.6 Å². The van der Waals surface area contributed by atoms with Crippen LogP contribution in [0.2, 0.25) is 0 Å². The van der Waals surface area contributed by atoms with E-state index >= 15 is 0 Å². The Kier molecular flexibility index (Phi) is 4.69. The van der Waals surface area contributed by atoms with E-state index in [4.69, 9.17) is 4.74 Å².